The molecule has 130 valence electrons. The summed E-state index contributed by atoms with van der Waals surface area (Å²) in [6.07, 6.45) is 1.58. The summed E-state index contributed by atoms with van der Waals surface area (Å²) in [6, 6.07) is 3.90. The first kappa shape index (κ1) is 16.8. The fourth-order valence-corrected chi connectivity index (χ4v) is 2.94. The van der Waals surface area contributed by atoms with Crippen LogP contribution in [0.4, 0.5) is 5.82 Å². The monoisotopic (exact) mass is 360 g/mol. The number of nitrogens with one attached hydrogen (secondary N) is 1. The first-order valence-corrected chi connectivity index (χ1v) is 8.23. The smallest absolute Gasteiger partial charge is 0.293 e. The number of hydrogen-bond acceptors (Lipinski definition) is 9. The molecule has 0 bridgehead atoms. The molecule has 0 unspecified atom stereocenters. The quantitative estimate of drug-likeness (QED) is 0.519. The highest BCUT2D eigenvalue weighted by molar-refractivity contribution is 7.13. The van der Waals surface area contributed by atoms with Gasteiger partial charge in [0.2, 0.25) is 11.6 Å². The summed E-state index contributed by atoms with van der Waals surface area (Å²) in [7, 11) is 0. The highest BCUT2D eigenvalue weighted by Crippen LogP contribution is 2.22. The summed E-state index contributed by atoms with van der Waals surface area (Å²) in [5.41, 5.74) is 8.82. The van der Waals surface area contributed by atoms with Crippen molar-refractivity contribution in [3.8, 4) is 5.82 Å². The number of amides is 1. The highest BCUT2D eigenvalue weighted by Gasteiger charge is 2.25. The molecule has 0 radical (unpaired) electrons. The molecule has 0 saturated heterocycles. The lowest BCUT2D eigenvalue weighted by atomic mass is 10.1. The molecule has 0 spiro atoms. The number of hydrogen-bond donors (Lipinski definition) is 2. The summed E-state index contributed by atoms with van der Waals surface area (Å²) in [6.45, 7) is 5.79. The molecule has 0 aliphatic carbocycles. The molecule has 0 fully saturated rings. The maximum absolute atomic E-state index is 12.4. The fraction of sp³-hybridized carbons (Fsp3) is 0.286. The number of nitrogens with zero attached hydrogens (tertiary/aromatic N) is 6. The van der Waals surface area contributed by atoms with Gasteiger partial charge in [0, 0.05) is 9.75 Å². The largest absolute Gasteiger partial charge is 0.378 e. The van der Waals surface area contributed by atoms with E-state index in [4.69, 9.17) is 5.73 Å². The van der Waals surface area contributed by atoms with Crippen LogP contribution in [0.1, 0.15) is 45.7 Å². The van der Waals surface area contributed by atoms with E-state index in [1.54, 1.807) is 17.6 Å². The van der Waals surface area contributed by atoms with Gasteiger partial charge in [-0.1, -0.05) is 19.1 Å². The average molecular weight is 360 g/mol. The van der Waals surface area contributed by atoms with Gasteiger partial charge in [-0.05, 0) is 35.3 Å². The topological polar surface area (TPSA) is 137 Å². The number of nitrogens with two attached hydrogens (primary N) is 1. The van der Waals surface area contributed by atoms with Crippen molar-refractivity contribution >= 4 is 29.3 Å². The summed E-state index contributed by atoms with van der Waals surface area (Å²) < 4.78 is 5.93. The number of carbonyl (C=O) groups is 1. The van der Waals surface area contributed by atoms with Gasteiger partial charge in [-0.2, -0.15) is 9.78 Å². The fourth-order valence-electron chi connectivity index (χ4n) is 2.19. The second kappa shape index (κ2) is 6.81. The Hall–Kier alpha value is -3.08. The Morgan fingerprint density at radius 3 is 2.84 bits per heavy atom. The third kappa shape index (κ3) is 3.40. The summed E-state index contributed by atoms with van der Waals surface area (Å²) in [4.78, 5) is 14.5. The molecular formula is C14H16N8O2S. The molecule has 0 aliphatic rings. The van der Waals surface area contributed by atoms with E-state index in [0.29, 0.717) is 5.69 Å². The minimum Gasteiger partial charge on any atom is -0.378 e. The lowest BCUT2D eigenvalue weighted by Crippen LogP contribution is -2.20. The van der Waals surface area contributed by atoms with Crippen LogP contribution in [0.15, 0.2) is 21.9 Å². The van der Waals surface area contributed by atoms with Crippen molar-refractivity contribution in [2.75, 3.05) is 5.73 Å². The standard InChI is InChI=1S/C14H16N8O2S/c1-7(2)11-10(17-21-22(11)13-12(15)19-24-20-13)14(23)18-16-6-9-5-4-8(3)25-9/h4-7H,1-3H3,(H2,15,19)(H,18,23)/b16-6+. The predicted octanol–water partition coefficient (Wildman–Crippen LogP) is 1.49. The van der Waals surface area contributed by atoms with E-state index in [1.807, 2.05) is 32.9 Å². The molecule has 1 amide bonds. The third-order valence-corrected chi connectivity index (χ3v) is 4.22. The number of thiophene rings is 1. The second-order valence-corrected chi connectivity index (χ2v) is 6.83. The molecule has 3 heterocycles. The van der Waals surface area contributed by atoms with Crippen molar-refractivity contribution in [1.82, 2.24) is 30.7 Å². The lowest BCUT2D eigenvalue weighted by molar-refractivity contribution is 0.0948. The van der Waals surface area contributed by atoms with E-state index >= 15 is 0 Å². The number of aryl methyl sites for hydroxylation is 1. The summed E-state index contributed by atoms with van der Waals surface area (Å²) in [5.74, 6) is -0.303. The molecule has 3 aromatic heterocycles. The number of nitrogen functional groups attached to an aromatic ring is 1. The van der Waals surface area contributed by atoms with Crippen LogP contribution in [0.2, 0.25) is 0 Å². The zero-order valence-corrected chi connectivity index (χ0v) is 14.6. The molecule has 10 nitrogen and oxygen atoms in total. The Morgan fingerprint density at radius 1 is 1.44 bits per heavy atom. The van der Waals surface area contributed by atoms with E-state index in [2.05, 4.69) is 35.8 Å². The first-order chi connectivity index (χ1) is 12.0. The Labute approximate surface area is 146 Å². The zero-order valence-electron chi connectivity index (χ0n) is 13.8. The Kier molecular flexibility index (Phi) is 4.57. The average Bonchev–Trinajstić information content (AvgIpc) is 3.26. The van der Waals surface area contributed by atoms with Crippen LogP contribution in [0.25, 0.3) is 5.82 Å². The van der Waals surface area contributed by atoms with Gasteiger partial charge in [0.1, 0.15) is 0 Å². The van der Waals surface area contributed by atoms with Gasteiger partial charge in [-0.15, -0.1) is 16.4 Å². The van der Waals surface area contributed by atoms with Crippen molar-refractivity contribution in [2.24, 2.45) is 5.10 Å². The van der Waals surface area contributed by atoms with Crippen molar-refractivity contribution in [3.63, 3.8) is 0 Å². The molecule has 3 aromatic rings. The maximum atomic E-state index is 12.4. The number of carbonyl (C=O) groups excluding carboxylic acids is 1. The van der Waals surface area contributed by atoms with Gasteiger partial charge in [0.05, 0.1) is 11.9 Å². The van der Waals surface area contributed by atoms with Gasteiger partial charge in [-0.25, -0.2) is 10.1 Å². The van der Waals surface area contributed by atoms with Crippen molar-refractivity contribution in [1.29, 1.82) is 0 Å². The second-order valence-electron chi connectivity index (χ2n) is 5.51. The first-order valence-electron chi connectivity index (χ1n) is 7.41. The number of hydrazone groups is 1. The van der Waals surface area contributed by atoms with E-state index in [1.165, 1.54) is 4.68 Å². The Morgan fingerprint density at radius 2 is 2.24 bits per heavy atom. The van der Waals surface area contributed by atoms with Gasteiger partial charge in [0.25, 0.3) is 5.91 Å². The minimum absolute atomic E-state index is 0.0600. The number of anilines is 1. The van der Waals surface area contributed by atoms with E-state index in [9.17, 15) is 4.79 Å². The van der Waals surface area contributed by atoms with Crippen LogP contribution < -0.4 is 11.2 Å². The van der Waals surface area contributed by atoms with Gasteiger partial charge in [-0.3, -0.25) is 4.79 Å². The molecular weight excluding hydrogens is 344 g/mol. The van der Waals surface area contributed by atoms with E-state index in [-0.39, 0.29) is 23.2 Å². The molecule has 0 atom stereocenters. The highest BCUT2D eigenvalue weighted by atomic mass is 32.1. The summed E-state index contributed by atoms with van der Waals surface area (Å²) >= 11 is 1.58. The molecule has 0 saturated carbocycles. The lowest BCUT2D eigenvalue weighted by Gasteiger charge is -2.07. The minimum atomic E-state index is -0.477. The van der Waals surface area contributed by atoms with Crippen molar-refractivity contribution in [2.45, 2.75) is 26.7 Å². The maximum Gasteiger partial charge on any atom is 0.293 e. The molecule has 0 aromatic carbocycles. The SMILES string of the molecule is Cc1ccc(/C=N/NC(=O)c2nnn(-c3nonc3N)c2C(C)C)s1. The van der Waals surface area contributed by atoms with Crippen molar-refractivity contribution in [3.05, 3.63) is 33.3 Å². The van der Waals surface area contributed by atoms with Crippen LogP contribution in [0.3, 0.4) is 0 Å². The molecule has 3 rings (SSSR count). The zero-order chi connectivity index (χ0) is 18.0. The van der Waals surface area contributed by atoms with Gasteiger partial charge in [0.15, 0.2) is 5.69 Å². The van der Waals surface area contributed by atoms with E-state index in [0.717, 1.165) is 9.75 Å². The third-order valence-electron chi connectivity index (χ3n) is 3.28. The molecule has 3 N–H and O–H groups in total. The van der Waals surface area contributed by atoms with Gasteiger partial charge >= 0.3 is 0 Å². The Bertz CT molecular complexity index is 923. The normalized spacial score (nSPS) is 11.5. The van der Waals surface area contributed by atoms with E-state index < -0.39 is 5.91 Å². The molecule has 0 aliphatic heterocycles. The van der Waals surface area contributed by atoms with Crippen LogP contribution in [0.5, 0.6) is 0 Å². The summed E-state index contributed by atoms with van der Waals surface area (Å²) in [5, 5.41) is 19.0. The van der Waals surface area contributed by atoms with Crippen LogP contribution in [-0.2, 0) is 0 Å². The van der Waals surface area contributed by atoms with Crippen molar-refractivity contribution < 1.29 is 9.42 Å². The van der Waals surface area contributed by atoms with Gasteiger partial charge < -0.3 is 5.73 Å². The predicted molar refractivity (Wildman–Crippen MR) is 91.8 cm³/mol. The molecule has 11 heteroatoms. The number of aromatic nitrogens is 5. The molecule has 25 heavy (non-hydrogen) atoms. The van der Waals surface area contributed by atoms with Crippen LogP contribution >= 0.6 is 11.3 Å². The van der Waals surface area contributed by atoms with Crippen LogP contribution in [0, 0.1) is 6.92 Å². The van der Waals surface area contributed by atoms with Crippen LogP contribution in [-0.4, -0.2) is 37.4 Å². The Balaban J connectivity index is 1.84. The number of rotatable bonds is 5.